The van der Waals surface area contributed by atoms with Gasteiger partial charge in [-0.15, -0.1) is 0 Å². The molecule has 3 heterocycles. The highest BCUT2D eigenvalue weighted by atomic mass is 32.5. The van der Waals surface area contributed by atoms with Gasteiger partial charge in [0, 0.05) is 50.4 Å². The van der Waals surface area contributed by atoms with E-state index < -0.39 is 39.0 Å². The van der Waals surface area contributed by atoms with Crippen molar-refractivity contribution in [3.05, 3.63) is 54.4 Å². The summed E-state index contributed by atoms with van der Waals surface area (Å²) in [6.45, 7) is 1.12. The van der Waals surface area contributed by atoms with Gasteiger partial charge in [0.05, 0.1) is 18.7 Å². The van der Waals surface area contributed by atoms with Crippen LogP contribution in [0.3, 0.4) is 0 Å². The molecule has 2 saturated heterocycles. The Balaban J connectivity index is 1.75. The Bertz CT molecular complexity index is 1280. The van der Waals surface area contributed by atoms with Crippen molar-refractivity contribution in [3.63, 3.8) is 0 Å². The van der Waals surface area contributed by atoms with Crippen LogP contribution in [0.5, 0.6) is 0 Å². The van der Waals surface area contributed by atoms with Gasteiger partial charge in [0.15, 0.2) is 0 Å². The van der Waals surface area contributed by atoms with Crippen LogP contribution in [-0.2, 0) is 19.1 Å². The number of nitrogens with zero attached hydrogens (tertiary/aromatic N) is 4. The van der Waals surface area contributed by atoms with E-state index in [-0.39, 0.29) is 48.4 Å². The molecule has 0 bridgehead atoms. The normalized spacial score (nSPS) is 22.1. The van der Waals surface area contributed by atoms with Crippen molar-refractivity contribution in [2.24, 2.45) is 0 Å². The van der Waals surface area contributed by atoms with E-state index in [1.165, 1.54) is 31.6 Å². The highest BCUT2D eigenvalue weighted by Gasteiger charge is 2.65. The first kappa shape index (κ1) is 30.7. The molecule has 9 nitrogen and oxygen atoms in total. The van der Waals surface area contributed by atoms with E-state index in [9.17, 15) is 33.8 Å². The van der Waals surface area contributed by atoms with E-state index >= 15 is 0 Å². The Morgan fingerprint density at radius 3 is 2.29 bits per heavy atom. The molecule has 41 heavy (non-hydrogen) atoms. The van der Waals surface area contributed by atoms with Gasteiger partial charge in [0.25, 0.3) is 0 Å². The minimum Gasteiger partial charge on any atom is -0.380 e. The van der Waals surface area contributed by atoms with Crippen molar-refractivity contribution in [2.75, 3.05) is 45.2 Å². The molecule has 3 amide bonds. The monoisotopic (exact) mass is 605 g/mol. The Hall–Kier alpha value is -3.30. The van der Waals surface area contributed by atoms with Crippen LogP contribution in [-0.4, -0.2) is 85.0 Å². The van der Waals surface area contributed by atoms with Crippen molar-refractivity contribution in [3.8, 4) is 0 Å². The van der Waals surface area contributed by atoms with Gasteiger partial charge in [0.2, 0.25) is 17.7 Å². The number of nitrogens with one attached hydrogen (secondary N) is 1. The number of hydrogen-bond acceptors (Lipinski definition) is 6. The summed E-state index contributed by atoms with van der Waals surface area (Å²) in [5.41, 5.74) is -0.0163. The molecule has 1 aromatic heterocycles. The average molecular weight is 606 g/mol. The van der Waals surface area contributed by atoms with Crippen LogP contribution in [0.15, 0.2) is 53.7 Å². The van der Waals surface area contributed by atoms with Crippen molar-refractivity contribution in [2.45, 2.75) is 42.3 Å². The Morgan fingerprint density at radius 1 is 1.10 bits per heavy atom. The van der Waals surface area contributed by atoms with E-state index in [4.69, 9.17) is 4.74 Å². The lowest BCUT2D eigenvalue weighted by atomic mass is 10.0. The second-order valence-corrected chi connectivity index (χ2v) is 12.6. The van der Waals surface area contributed by atoms with Crippen LogP contribution in [0.2, 0.25) is 0 Å². The lowest BCUT2D eigenvalue weighted by Gasteiger charge is -2.41. The first-order chi connectivity index (χ1) is 19.1. The number of halogens is 5. The summed E-state index contributed by atoms with van der Waals surface area (Å²) in [5.74, 6) is -1.78. The molecular weight excluding hydrogens is 573 g/mol. The maximum Gasteiger partial charge on any atom is 0.310 e. The number of ether oxygens (including phenoxy) is 1. The molecule has 0 spiro atoms. The fraction of sp³-hybridized carbons (Fsp3) is 0.462. The zero-order valence-corrected chi connectivity index (χ0v) is 23.3. The van der Waals surface area contributed by atoms with Gasteiger partial charge in [-0.3, -0.25) is 29.2 Å². The van der Waals surface area contributed by atoms with Gasteiger partial charge in [0.1, 0.15) is 10.9 Å². The number of carbonyl (C=O) groups is 3. The van der Waals surface area contributed by atoms with E-state index in [0.29, 0.717) is 19.6 Å². The topological polar surface area (TPSA) is 95.1 Å². The molecule has 2 aliphatic heterocycles. The average Bonchev–Trinajstić information content (AvgIpc) is 3.59. The lowest BCUT2D eigenvalue weighted by Crippen LogP contribution is -2.51. The van der Waals surface area contributed by atoms with Gasteiger partial charge in [-0.2, -0.15) is 0 Å². The molecule has 1 unspecified atom stereocenters. The van der Waals surface area contributed by atoms with Crippen LogP contribution in [0, 0.1) is 0 Å². The Kier molecular flexibility index (Phi) is 8.10. The fourth-order valence-corrected chi connectivity index (χ4v) is 5.78. The van der Waals surface area contributed by atoms with Crippen LogP contribution < -0.4 is 10.2 Å². The number of rotatable bonds is 9. The molecule has 15 heteroatoms. The molecule has 226 valence electrons. The minimum absolute atomic E-state index is 0.197. The number of hydrogen-bond donors (Lipinski definition) is 1. The SMILES string of the molecule is CO[C@@H]1C[C@H](C(=O)N(c2ccc(S(F)(F)(F)(F)F)cc2)C(C(=O)NCC(=O)N2CCCC2)c2cccnc2)N(C)C1. The third-order valence-electron chi connectivity index (χ3n) is 7.31. The molecule has 3 atom stereocenters. The maximum atomic E-state index is 14.1. The zero-order valence-electron chi connectivity index (χ0n) is 22.5. The number of likely N-dealkylation sites (N-methyl/N-ethyl adjacent to an activating group) is 1. The first-order valence-electron chi connectivity index (χ1n) is 12.9. The second-order valence-electron chi connectivity index (χ2n) is 10.2. The third-order valence-corrected chi connectivity index (χ3v) is 8.47. The summed E-state index contributed by atoms with van der Waals surface area (Å²) in [6, 6.07) is 2.55. The summed E-state index contributed by atoms with van der Waals surface area (Å²) >= 11 is 0. The van der Waals surface area contributed by atoms with Crippen LogP contribution >= 0.6 is 10.2 Å². The van der Waals surface area contributed by atoms with Gasteiger partial charge < -0.3 is 15.0 Å². The largest absolute Gasteiger partial charge is 0.380 e. The number of likely N-dealkylation sites (tertiary alicyclic amines) is 2. The number of methoxy groups -OCH3 is 1. The maximum absolute atomic E-state index is 14.1. The highest BCUT2D eigenvalue weighted by Crippen LogP contribution is 3.02. The van der Waals surface area contributed by atoms with E-state index in [1.54, 1.807) is 16.8 Å². The molecule has 1 N–H and O–H groups in total. The highest BCUT2D eigenvalue weighted by molar-refractivity contribution is 8.45. The molecule has 1 aromatic carbocycles. The van der Waals surface area contributed by atoms with Gasteiger partial charge in [-0.05, 0) is 56.6 Å². The predicted molar refractivity (Wildman–Crippen MR) is 143 cm³/mol. The molecule has 4 rings (SSSR count). The van der Waals surface area contributed by atoms with Crippen molar-refractivity contribution >= 4 is 33.6 Å². The third kappa shape index (κ3) is 7.13. The molecule has 0 radical (unpaired) electrons. The number of anilines is 1. The number of pyridine rings is 1. The quantitative estimate of drug-likeness (QED) is 0.429. The number of aromatic nitrogens is 1. The first-order valence-corrected chi connectivity index (χ1v) is 14.9. The van der Waals surface area contributed by atoms with E-state index in [1.807, 2.05) is 0 Å². The lowest BCUT2D eigenvalue weighted by molar-refractivity contribution is -0.133. The summed E-state index contributed by atoms with van der Waals surface area (Å²) in [4.78, 5) is 46.5. The van der Waals surface area contributed by atoms with E-state index in [2.05, 4.69) is 10.3 Å². The van der Waals surface area contributed by atoms with Crippen molar-refractivity contribution < 1.29 is 38.5 Å². The summed E-state index contributed by atoms with van der Waals surface area (Å²) in [5, 5.41) is 2.55. The molecular formula is C26H32F5N5O4S. The summed E-state index contributed by atoms with van der Waals surface area (Å²) in [7, 11) is -6.87. The zero-order chi connectivity index (χ0) is 30.1. The van der Waals surface area contributed by atoms with Crippen LogP contribution in [0.1, 0.15) is 30.9 Å². The Labute approximate surface area is 234 Å². The van der Waals surface area contributed by atoms with Crippen LogP contribution in [0.25, 0.3) is 0 Å². The molecule has 0 saturated carbocycles. The molecule has 2 fully saturated rings. The smallest absolute Gasteiger partial charge is 0.310 e. The predicted octanol–water partition coefficient (Wildman–Crippen LogP) is 4.27. The Morgan fingerprint density at radius 2 is 1.76 bits per heavy atom. The second kappa shape index (κ2) is 10.8. The number of benzene rings is 1. The molecule has 0 aliphatic carbocycles. The van der Waals surface area contributed by atoms with E-state index in [0.717, 1.165) is 29.9 Å². The van der Waals surface area contributed by atoms with Gasteiger partial charge >= 0.3 is 10.2 Å². The van der Waals surface area contributed by atoms with Gasteiger partial charge in [-0.1, -0.05) is 25.5 Å². The molecule has 2 aliphatic rings. The van der Waals surface area contributed by atoms with Crippen molar-refractivity contribution in [1.29, 1.82) is 0 Å². The summed E-state index contributed by atoms with van der Waals surface area (Å²) in [6.07, 6.45) is 4.32. The van der Waals surface area contributed by atoms with Crippen molar-refractivity contribution in [1.82, 2.24) is 20.1 Å². The fourth-order valence-electron chi connectivity index (χ4n) is 5.13. The summed E-state index contributed by atoms with van der Waals surface area (Å²) < 4.78 is 72.7. The van der Waals surface area contributed by atoms with Crippen LogP contribution in [0.4, 0.5) is 25.1 Å². The minimum atomic E-state index is -10.0. The number of carbonyl (C=O) groups excluding carboxylic acids is 3. The molecule has 2 aromatic rings. The van der Waals surface area contributed by atoms with Gasteiger partial charge in [-0.25, -0.2) is 0 Å². The standard InChI is InChI=1S/C26H32F5N5O4S/c1-34-17-20(40-2)14-22(34)26(39)36(19-7-9-21(10-8-19)41(27,28,29,30)31)24(18-6-5-11-32-15-18)25(38)33-16-23(37)35-12-3-4-13-35/h5-11,15,20,22,24H,3-4,12-14,16-17H2,1-2H3,(H,33,38)/t20-,22-,24?/m1/s1. The number of amides is 3.